The van der Waals surface area contributed by atoms with Crippen LogP contribution in [-0.2, 0) is 0 Å². The molecule has 12 atom stereocenters. The molecule has 3 nitrogen and oxygen atoms in total. The first-order valence-electron chi connectivity index (χ1n) is 13.1. The second-order valence-electron chi connectivity index (χ2n) is 12.9. The molecule has 6 rings (SSSR count). The van der Waals surface area contributed by atoms with Gasteiger partial charge < -0.3 is 10.2 Å². The molecule has 3 heteroatoms. The van der Waals surface area contributed by atoms with E-state index < -0.39 is 0 Å². The van der Waals surface area contributed by atoms with Gasteiger partial charge in [0.15, 0.2) is 0 Å². The summed E-state index contributed by atoms with van der Waals surface area (Å²) < 4.78 is 0. The Labute approximate surface area is 183 Å². The van der Waals surface area contributed by atoms with Gasteiger partial charge in [-0.1, -0.05) is 39.3 Å². The Balaban J connectivity index is 1.36. The molecule has 0 amide bonds. The topological polar surface area (TPSA) is 43.7 Å². The van der Waals surface area contributed by atoms with Crippen molar-refractivity contribution in [3.05, 3.63) is 11.6 Å². The van der Waals surface area contributed by atoms with Gasteiger partial charge in [0.1, 0.15) is 0 Å². The van der Waals surface area contributed by atoms with Crippen molar-refractivity contribution in [2.75, 3.05) is 6.54 Å². The maximum absolute atomic E-state index is 11.8. The number of fused-ring (bicyclic) bond motifs is 9. The molecule has 0 aromatic carbocycles. The Kier molecular flexibility index (Phi) is 4.44. The molecule has 5 fully saturated rings. The lowest BCUT2D eigenvalue weighted by Gasteiger charge is -2.60. The minimum Gasteiger partial charge on any atom is -0.393 e. The van der Waals surface area contributed by atoms with E-state index in [1.165, 1.54) is 37.8 Å². The molecule has 0 aromatic heterocycles. The molecule has 0 aromatic rings. The molecule has 30 heavy (non-hydrogen) atoms. The van der Waals surface area contributed by atoms with E-state index in [-0.39, 0.29) is 23.0 Å². The van der Waals surface area contributed by atoms with Crippen LogP contribution in [0.1, 0.15) is 79.1 Å². The summed E-state index contributed by atoms with van der Waals surface area (Å²) in [4.78, 5) is 2.91. The van der Waals surface area contributed by atoms with Crippen LogP contribution in [0.5, 0.6) is 0 Å². The fourth-order valence-electron chi connectivity index (χ4n) is 10.3. The van der Waals surface area contributed by atoms with Crippen molar-refractivity contribution in [2.24, 2.45) is 46.3 Å². The normalized spacial score (nSPS) is 60.1. The van der Waals surface area contributed by atoms with Crippen LogP contribution in [0.15, 0.2) is 11.6 Å². The fourth-order valence-corrected chi connectivity index (χ4v) is 10.3. The minimum atomic E-state index is -0.164. The zero-order chi connectivity index (χ0) is 21.0. The monoisotopic (exact) mass is 413 g/mol. The number of nitrogens with zero attached hydrogens (tertiary/aromatic N) is 1. The van der Waals surface area contributed by atoms with Crippen LogP contribution in [0, 0.1) is 46.3 Å². The molecule has 168 valence electrons. The van der Waals surface area contributed by atoms with Gasteiger partial charge in [-0.2, -0.15) is 0 Å². The highest BCUT2D eigenvalue weighted by Gasteiger charge is 2.69. The summed E-state index contributed by atoms with van der Waals surface area (Å²) in [5.74, 6) is 4.19. The third-order valence-corrected chi connectivity index (χ3v) is 11.8. The molecular formula is C27H43NO2. The van der Waals surface area contributed by atoms with Gasteiger partial charge in [-0.15, -0.1) is 0 Å². The van der Waals surface area contributed by atoms with E-state index >= 15 is 0 Å². The van der Waals surface area contributed by atoms with Crippen LogP contribution in [0.25, 0.3) is 0 Å². The number of aliphatic hydroxyl groups is 2. The van der Waals surface area contributed by atoms with Gasteiger partial charge >= 0.3 is 0 Å². The molecule has 2 N–H and O–H groups in total. The van der Waals surface area contributed by atoms with Crippen LogP contribution < -0.4 is 0 Å². The molecule has 2 saturated heterocycles. The van der Waals surface area contributed by atoms with Gasteiger partial charge in [0.2, 0.25) is 0 Å². The molecule has 0 spiro atoms. The van der Waals surface area contributed by atoms with Crippen LogP contribution in [0.4, 0.5) is 0 Å². The highest BCUT2D eigenvalue weighted by atomic mass is 16.3. The van der Waals surface area contributed by atoms with Crippen LogP contribution in [-0.4, -0.2) is 45.9 Å². The van der Waals surface area contributed by atoms with Gasteiger partial charge in [0, 0.05) is 24.0 Å². The van der Waals surface area contributed by atoms with Gasteiger partial charge in [0.05, 0.1) is 12.2 Å². The van der Waals surface area contributed by atoms with Crippen LogP contribution in [0.3, 0.4) is 0 Å². The highest BCUT2D eigenvalue weighted by molar-refractivity contribution is 5.27. The number of rotatable bonds is 0. The van der Waals surface area contributed by atoms with Crippen LogP contribution >= 0.6 is 0 Å². The molecule has 0 radical (unpaired) electrons. The van der Waals surface area contributed by atoms with E-state index in [2.05, 4.69) is 38.7 Å². The van der Waals surface area contributed by atoms with E-state index in [1.807, 2.05) is 0 Å². The Morgan fingerprint density at radius 1 is 1.00 bits per heavy atom. The van der Waals surface area contributed by atoms with Gasteiger partial charge in [0.25, 0.3) is 0 Å². The Morgan fingerprint density at radius 2 is 1.80 bits per heavy atom. The summed E-state index contributed by atoms with van der Waals surface area (Å²) in [6.07, 6.45) is 11.4. The maximum atomic E-state index is 11.8. The molecule has 4 aliphatic carbocycles. The van der Waals surface area contributed by atoms with E-state index in [4.69, 9.17) is 0 Å². The number of aliphatic hydroxyl groups excluding tert-OH is 2. The van der Waals surface area contributed by atoms with Crippen molar-refractivity contribution in [3.63, 3.8) is 0 Å². The Morgan fingerprint density at radius 3 is 2.60 bits per heavy atom. The number of piperidine rings is 1. The van der Waals surface area contributed by atoms with E-state index in [0.29, 0.717) is 23.8 Å². The number of hydrogen-bond donors (Lipinski definition) is 2. The molecule has 6 aliphatic rings. The summed E-state index contributed by atoms with van der Waals surface area (Å²) in [6, 6.07) is 1.46. The van der Waals surface area contributed by atoms with E-state index in [1.54, 1.807) is 0 Å². The standard InChI is InChI=1S/C27H43NO2/c1-15-5-8-22-16(2)25-23(28(22)14-15)12-21-19-7-6-17-11-18(29)9-10-26(17,3)20(19)13-24(30)27(21,25)4/h6,15-16,18-25,29-30H,5,7-14H2,1-4H3/t15-,16+,18-,19+,20-,21+,22+,23+,24-,25+,26-,27+/m0/s1. The van der Waals surface area contributed by atoms with E-state index in [9.17, 15) is 10.2 Å². The highest BCUT2D eigenvalue weighted by Crippen LogP contribution is 2.69. The second-order valence-corrected chi connectivity index (χ2v) is 12.9. The van der Waals surface area contributed by atoms with E-state index in [0.717, 1.165) is 49.5 Å². The summed E-state index contributed by atoms with van der Waals surface area (Å²) in [5.41, 5.74) is 1.80. The largest absolute Gasteiger partial charge is 0.393 e. The fraction of sp³-hybridized carbons (Fsp3) is 0.926. The first-order chi connectivity index (χ1) is 14.2. The molecule has 3 saturated carbocycles. The molecule has 2 heterocycles. The summed E-state index contributed by atoms with van der Waals surface area (Å²) in [6.45, 7) is 11.2. The predicted octanol–water partition coefficient (Wildman–Crippen LogP) is 4.63. The summed E-state index contributed by atoms with van der Waals surface area (Å²) >= 11 is 0. The third kappa shape index (κ3) is 2.44. The summed E-state index contributed by atoms with van der Waals surface area (Å²) in [7, 11) is 0. The molecule has 2 aliphatic heterocycles. The Bertz CT molecular complexity index is 749. The van der Waals surface area contributed by atoms with Gasteiger partial charge in [-0.25, -0.2) is 0 Å². The number of hydrogen-bond acceptors (Lipinski definition) is 3. The first-order valence-corrected chi connectivity index (χ1v) is 13.1. The quantitative estimate of drug-likeness (QED) is 0.569. The average molecular weight is 414 g/mol. The van der Waals surface area contributed by atoms with Crippen molar-refractivity contribution >= 4 is 0 Å². The molecule has 0 unspecified atom stereocenters. The first kappa shape index (κ1) is 20.2. The van der Waals surface area contributed by atoms with Gasteiger partial charge in [-0.05, 0) is 92.3 Å². The maximum Gasteiger partial charge on any atom is 0.0603 e. The molecule has 0 bridgehead atoms. The zero-order valence-electron chi connectivity index (χ0n) is 19.6. The lowest BCUT2D eigenvalue weighted by Crippen LogP contribution is -2.57. The SMILES string of the molecule is C[C@H]1CC[C@@H]2[C@@H](C)[C@@H]3[C@@H](C[C@@H]4[C@@H]5CC=C6C[C@@H](O)CC[C@]6(C)[C@H]5C[C@H](O)[C@]34C)N2C1. The minimum absolute atomic E-state index is 0.0850. The van der Waals surface area contributed by atoms with Crippen molar-refractivity contribution < 1.29 is 10.2 Å². The molecular weight excluding hydrogens is 370 g/mol. The lowest BCUT2D eigenvalue weighted by molar-refractivity contribution is -0.135. The summed E-state index contributed by atoms with van der Waals surface area (Å²) in [5, 5.41) is 22.1. The van der Waals surface area contributed by atoms with Crippen molar-refractivity contribution in [2.45, 2.75) is 103 Å². The van der Waals surface area contributed by atoms with Gasteiger partial charge in [-0.3, -0.25) is 4.90 Å². The van der Waals surface area contributed by atoms with Crippen molar-refractivity contribution in [3.8, 4) is 0 Å². The van der Waals surface area contributed by atoms with Crippen molar-refractivity contribution in [1.82, 2.24) is 4.90 Å². The predicted molar refractivity (Wildman–Crippen MR) is 120 cm³/mol. The smallest absolute Gasteiger partial charge is 0.0603 e. The Hall–Kier alpha value is -0.380. The van der Waals surface area contributed by atoms with Crippen molar-refractivity contribution in [1.29, 1.82) is 0 Å². The van der Waals surface area contributed by atoms with Crippen LogP contribution in [0.2, 0.25) is 0 Å². The second kappa shape index (κ2) is 6.58. The third-order valence-electron chi connectivity index (χ3n) is 11.8. The number of allylic oxidation sites excluding steroid dienone is 1. The lowest BCUT2D eigenvalue weighted by atomic mass is 9.46. The zero-order valence-corrected chi connectivity index (χ0v) is 19.6. The average Bonchev–Trinajstić information content (AvgIpc) is 3.17.